The van der Waals surface area contributed by atoms with Crippen LogP contribution in [0.4, 0.5) is 4.79 Å². The van der Waals surface area contributed by atoms with Crippen molar-refractivity contribution in [2.24, 2.45) is 4.99 Å². The van der Waals surface area contributed by atoms with Gasteiger partial charge in [0.15, 0.2) is 14.6 Å². The Bertz CT molecular complexity index is 1320. The Balaban J connectivity index is 1.67. The average molecular weight is 527 g/mol. The summed E-state index contributed by atoms with van der Waals surface area (Å²) in [6.07, 6.45) is 4.95. The first-order chi connectivity index (χ1) is 16.1. The number of halogens is 1. The van der Waals surface area contributed by atoms with E-state index in [-0.39, 0.29) is 44.1 Å². The molecule has 2 aromatic rings. The van der Waals surface area contributed by atoms with Gasteiger partial charge in [-0.1, -0.05) is 28.9 Å². The normalized spacial score (nSPS) is 14.8. The maximum absolute atomic E-state index is 12.5. The summed E-state index contributed by atoms with van der Waals surface area (Å²) in [5, 5.41) is 0.503. The van der Waals surface area contributed by atoms with Crippen LogP contribution in [0.2, 0.25) is 5.02 Å². The molecule has 0 spiro atoms. The number of aromatic nitrogens is 1. The molecule has 1 aromatic carbocycles. The zero-order chi connectivity index (χ0) is 24.9. The van der Waals surface area contributed by atoms with Gasteiger partial charge in [0, 0.05) is 31.2 Å². The van der Waals surface area contributed by atoms with E-state index in [9.17, 15) is 22.8 Å². The van der Waals surface area contributed by atoms with Gasteiger partial charge in [0.25, 0.3) is 5.91 Å². The maximum atomic E-state index is 12.5. The topological polar surface area (TPSA) is 118 Å². The summed E-state index contributed by atoms with van der Waals surface area (Å²) in [5.41, 5.74) is 0.721. The molecule has 2 heterocycles. The van der Waals surface area contributed by atoms with Crippen molar-refractivity contribution in [3.8, 4) is 12.3 Å². The van der Waals surface area contributed by atoms with Crippen molar-refractivity contribution >= 4 is 60.9 Å². The Morgan fingerprint density at radius 2 is 1.85 bits per heavy atom. The standard InChI is InChI=1S/C21H23ClN4O6S2/c1-3-7-26-16-6-5-15(22)12-17(16)33-20(26)23-18(27)13-34(30,31)14-19(28)24-8-10-25(11-9-24)21(29)32-4-2/h1,5-6,12H,4,7-11,13-14H2,2H3. The van der Waals surface area contributed by atoms with Crippen molar-refractivity contribution in [1.82, 2.24) is 14.4 Å². The molecule has 10 nitrogen and oxygen atoms in total. The number of hydrogen-bond donors (Lipinski definition) is 0. The Hall–Kier alpha value is -2.88. The van der Waals surface area contributed by atoms with Crippen molar-refractivity contribution in [3.05, 3.63) is 28.0 Å². The maximum Gasteiger partial charge on any atom is 0.409 e. The molecule has 1 saturated heterocycles. The van der Waals surface area contributed by atoms with E-state index in [0.29, 0.717) is 5.02 Å². The van der Waals surface area contributed by atoms with Crippen LogP contribution >= 0.6 is 22.9 Å². The molecule has 0 bridgehead atoms. The zero-order valence-corrected chi connectivity index (χ0v) is 20.8. The molecule has 3 amide bonds. The fourth-order valence-electron chi connectivity index (χ4n) is 3.39. The minimum atomic E-state index is -4.06. The van der Waals surface area contributed by atoms with Crippen LogP contribution in [0, 0.1) is 12.3 Å². The second kappa shape index (κ2) is 11.0. The molecular weight excluding hydrogens is 504 g/mol. The molecule has 182 valence electrons. The largest absolute Gasteiger partial charge is 0.450 e. The molecule has 0 saturated carbocycles. The SMILES string of the molecule is C#CCn1c(=NC(=O)CS(=O)(=O)CC(=O)N2CCN(C(=O)OCC)CC2)sc2cc(Cl)ccc21. The number of hydrogen-bond acceptors (Lipinski definition) is 7. The molecule has 1 aliphatic heterocycles. The number of nitrogens with zero attached hydrogens (tertiary/aromatic N) is 4. The minimum Gasteiger partial charge on any atom is -0.450 e. The molecule has 34 heavy (non-hydrogen) atoms. The second-order valence-corrected chi connectivity index (χ2v) is 10.9. The number of amides is 3. The summed E-state index contributed by atoms with van der Waals surface area (Å²) in [6, 6.07) is 5.12. The lowest BCUT2D eigenvalue weighted by Gasteiger charge is -2.34. The Labute approximate surface area is 205 Å². The summed E-state index contributed by atoms with van der Waals surface area (Å²) < 4.78 is 32.3. The van der Waals surface area contributed by atoms with Crippen LogP contribution in [0.15, 0.2) is 23.2 Å². The predicted molar refractivity (Wildman–Crippen MR) is 128 cm³/mol. The van der Waals surface area contributed by atoms with E-state index in [0.717, 1.165) is 21.6 Å². The van der Waals surface area contributed by atoms with Gasteiger partial charge in [-0.3, -0.25) is 9.59 Å². The number of piperazine rings is 1. The number of carbonyl (C=O) groups excluding carboxylic acids is 3. The number of sulfone groups is 1. The lowest BCUT2D eigenvalue weighted by Crippen LogP contribution is -2.52. The van der Waals surface area contributed by atoms with Gasteiger partial charge in [0.2, 0.25) is 5.91 Å². The van der Waals surface area contributed by atoms with E-state index < -0.39 is 39.3 Å². The molecule has 0 N–H and O–H groups in total. The second-order valence-electron chi connectivity index (χ2n) is 7.39. The van der Waals surface area contributed by atoms with E-state index in [1.54, 1.807) is 29.7 Å². The van der Waals surface area contributed by atoms with Gasteiger partial charge < -0.3 is 19.1 Å². The van der Waals surface area contributed by atoms with Gasteiger partial charge in [0.1, 0.15) is 11.5 Å². The van der Waals surface area contributed by atoms with E-state index in [2.05, 4.69) is 10.9 Å². The first-order valence-corrected chi connectivity index (χ1v) is 13.3. The van der Waals surface area contributed by atoms with Crippen molar-refractivity contribution in [3.63, 3.8) is 0 Å². The molecule has 1 aromatic heterocycles. The smallest absolute Gasteiger partial charge is 0.409 e. The molecule has 1 aliphatic rings. The number of terminal acetylenes is 1. The van der Waals surface area contributed by atoms with Crippen LogP contribution in [0.1, 0.15) is 6.92 Å². The molecule has 0 radical (unpaired) electrons. The molecular formula is C21H23ClN4O6S2. The summed E-state index contributed by atoms with van der Waals surface area (Å²) in [6.45, 7) is 2.92. The van der Waals surface area contributed by atoms with Crippen LogP contribution in [-0.2, 0) is 30.7 Å². The third-order valence-corrected chi connectivity index (χ3v) is 7.61. The highest BCUT2D eigenvalue weighted by atomic mass is 35.5. The van der Waals surface area contributed by atoms with Crippen molar-refractivity contribution in [1.29, 1.82) is 0 Å². The summed E-state index contributed by atoms with van der Waals surface area (Å²) >= 11 is 7.18. The average Bonchev–Trinajstić information content (AvgIpc) is 3.09. The predicted octanol–water partition coefficient (Wildman–Crippen LogP) is 1.13. The molecule has 0 aliphatic carbocycles. The fraction of sp³-hybridized carbons (Fsp3) is 0.429. The van der Waals surface area contributed by atoms with Crippen LogP contribution in [0.25, 0.3) is 10.2 Å². The number of benzene rings is 1. The van der Waals surface area contributed by atoms with Gasteiger partial charge >= 0.3 is 6.09 Å². The number of carbonyl (C=O) groups is 3. The first kappa shape index (κ1) is 25.7. The molecule has 1 fully saturated rings. The summed E-state index contributed by atoms with van der Waals surface area (Å²) in [5.74, 6) is -0.776. The number of ether oxygens (including phenoxy) is 1. The molecule has 0 atom stereocenters. The zero-order valence-electron chi connectivity index (χ0n) is 18.4. The Morgan fingerprint density at radius 3 is 2.50 bits per heavy atom. The highest BCUT2D eigenvalue weighted by molar-refractivity contribution is 7.92. The third-order valence-electron chi connectivity index (χ3n) is 4.96. The van der Waals surface area contributed by atoms with Gasteiger partial charge in [-0.15, -0.1) is 6.42 Å². The third kappa shape index (κ3) is 6.37. The number of fused-ring (bicyclic) bond motifs is 1. The van der Waals surface area contributed by atoms with Gasteiger partial charge in [-0.2, -0.15) is 4.99 Å². The first-order valence-electron chi connectivity index (χ1n) is 10.3. The molecule has 13 heteroatoms. The number of rotatable bonds is 6. The minimum absolute atomic E-state index is 0.136. The summed E-state index contributed by atoms with van der Waals surface area (Å²) in [4.78, 5) is 43.7. The van der Waals surface area contributed by atoms with E-state index in [4.69, 9.17) is 22.8 Å². The van der Waals surface area contributed by atoms with Crippen molar-refractivity contribution < 1.29 is 27.5 Å². The molecule has 3 rings (SSSR count). The fourth-order valence-corrected chi connectivity index (χ4v) is 5.81. The monoisotopic (exact) mass is 526 g/mol. The Morgan fingerprint density at radius 1 is 1.18 bits per heavy atom. The van der Waals surface area contributed by atoms with Gasteiger partial charge in [0.05, 0.1) is 23.4 Å². The van der Waals surface area contributed by atoms with Crippen LogP contribution in [0.5, 0.6) is 0 Å². The summed E-state index contributed by atoms with van der Waals surface area (Å²) in [7, 11) is -4.06. The molecule has 0 unspecified atom stereocenters. The van der Waals surface area contributed by atoms with Gasteiger partial charge in [-0.25, -0.2) is 13.2 Å². The van der Waals surface area contributed by atoms with Gasteiger partial charge in [-0.05, 0) is 25.1 Å². The Kier molecular flexibility index (Phi) is 8.35. The highest BCUT2D eigenvalue weighted by Gasteiger charge is 2.28. The lowest BCUT2D eigenvalue weighted by atomic mass is 10.3. The number of thiazole rings is 1. The lowest BCUT2D eigenvalue weighted by molar-refractivity contribution is -0.130. The van der Waals surface area contributed by atoms with Crippen molar-refractivity contribution in [2.45, 2.75) is 13.5 Å². The van der Waals surface area contributed by atoms with Crippen LogP contribution in [-0.4, -0.2) is 85.0 Å². The van der Waals surface area contributed by atoms with E-state index in [1.807, 2.05) is 0 Å². The van der Waals surface area contributed by atoms with Crippen LogP contribution in [0.3, 0.4) is 0 Å². The van der Waals surface area contributed by atoms with E-state index in [1.165, 1.54) is 9.80 Å². The van der Waals surface area contributed by atoms with Crippen molar-refractivity contribution in [2.75, 3.05) is 44.3 Å². The quantitative estimate of drug-likeness (QED) is 0.521. The highest BCUT2D eigenvalue weighted by Crippen LogP contribution is 2.21. The van der Waals surface area contributed by atoms with Crippen LogP contribution < -0.4 is 4.80 Å². The van der Waals surface area contributed by atoms with E-state index >= 15 is 0 Å².